The average molecular weight is 342 g/mol. The second kappa shape index (κ2) is 9.08. The SMILES string of the molecule is CC(OC(=O)CCCC(=O)OCC(F)(F)C(F)F)C1CCCC1. The summed E-state index contributed by atoms with van der Waals surface area (Å²) < 4.78 is 58.2. The van der Waals surface area contributed by atoms with E-state index in [0.717, 1.165) is 25.7 Å². The summed E-state index contributed by atoms with van der Waals surface area (Å²) in [5.74, 6) is -5.50. The van der Waals surface area contributed by atoms with E-state index in [0.29, 0.717) is 5.92 Å². The van der Waals surface area contributed by atoms with Gasteiger partial charge in [0.15, 0.2) is 6.61 Å². The smallest absolute Gasteiger partial charge is 0.340 e. The van der Waals surface area contributed by atoms with Gasteiger partial charge in [-0.2, -0.15) is 8.78 Å². The summed E-state index contributed by atoms with van der Waals surface area (Å²) in [6.07, 6.45) is -0.0375. The topological polar surface area (TPSA) is 52.6 Å². The summed E-state index contributed by atoms with van der Waals surface area (Å²) >= 11 is 0. The third-order valence-electron chi connectivity index (χ3n) is 3.89. The van der Waals surface area contributed by atoms with E-state index < -0.39 is 30.9 Å². The maximum absolute atomic E-state index is 12.5. The fourth-order valence-corrected chi connectivity index (χ4v) is 2.48. The lowest BCUT2D eigenvalue weighted by Crippen LogP contribution is -2.33. The van der Waals surface area contributed by atoms with Gasteiger partial charge in [0.2, 0.25) is 0 Å². The van der Waals surface area contributed by atoms with Crippen LogP contribution in [0.3, 0.4) is 0 Å². The van der Waals surface area contributed by atoms with Crippen molar-refractivity contribution in [1.82, 2.24) is 0 Å². The van der Waals surface area contributed by atoms with Gasteiger partial charge in [-0.15, -0.1) is 0 Å². The molecule has 0 spiro atoms. The van der Waals surface area contributed by atoms with Crippen LogP contribution in [0.25, 0.3) is 0 Å². The monoisotopic (exact) mass is 342 g/mol. The Labute approximate surface area is 132 Å². The Balaban J connectivity index is 2.15. The first-order valence-corrected chi connectivity index (χ1v) is 7.73. The lowest BCUT2D eigenvalue weighted by Gasteiger charge is -2.19. The molecule has 1 fully saturated rings. The zero-order valence-corrected chi connectivity index (χ0v) is 13.0. The summed E-state index contributed by atoms with van der Waals surface area (Å²) in [6, 6.07) is 0. The molecule has 8 heteroatoms. The Kier molecular flexibility index (Phi) is 7.78. The second-order valence-electron chi connectivity index (χ2n) is 5.82. The van der Waals surface area contributed by atoms with Gasteiger partial charge in [0, 0.05) is 12.8 Å². The Hall–Kier alpha value is -1.34. The minimum atomic E-state index is -4.36. The number of carbonyl (C=O) groups excluding carboxylic acids is 2. The zero-order chi connectivity index (χ0) is 17.5. The van der Waals surface area contributed by atoms with Crippen molar-refractivity contribution in [3.8, 4) is 0 Å². The molecule has 0 N–H and O–H groups in total. The molecule has 0 bridgehead atoms. The summed E-state index contributed by atoms with van der Waals surface area (Å²) in [5, 5.41) is 0. The molecule has 1 atom stereocenters. The maximum atomic E-state index is 12.5. The summed E-state index contributed by atoms with van der Waals surface area (Å²) in [4.78, 5) is 22.8. The van der Waals surface area contributed by atoms with E-state index in [9.17, 15) is 27.2 Å². The van der Waals surface area contributed by atoms with Gasteiger partial charge in [0.1, 0.15) is 6.10 Å². The van der Waals surface area contributed by atoms with Gasteiger partial charge in [-0.3, -0.25) is 9.59 Å². The first-order valence-electron chi connectivity index (χ1n) is 7.73. The van der Waals surface area contributed by atoms with Crippen LogP contribution in [0.15, 0.2) is 0 Å². The van der Waals surface area contributed by atoms with Gasteiger partial charge in [-0.25, -0.2) is 8.78 Å². The van der Waals surface area contributed by atoms with Crippen LogP contribution in [-0.2, 0) is 19.1 Å². The molecule has 1 aliphatic rings. The van der Waals surface area contributed by atoms with E-state index in [-0.39, 0.29) is 25.4 Å². The molecule has 0 aromatic heterocycles. The van der Waals surface area contributed by atoms with Gasteiger partial charge in [0.25, 0.3) is 0 Å². The molecule has 0 heterocycles. The van der Waals surface area contributed by atoms with E-state index in [4.69, 9.17) is 4.74 Å². The number of ether oxygens (including phenoxy) is 2. The summed E-state index contributed by atoms with van der Waals surface area (Å²) in [6.45, 7) is 0.168. The van der Waals surface area contributed by atoms with Gasteiger partial charge >= 0.3 is 24.3 Å². The van der Waals surface area contributed by atoms with Crippen LogP contribution >= 0.6 is 0 Å². The number of rotatable bonds is 9. The fraction of sp³-hybridized carbons (Fsp3) is 0.867. The average Bonchev–Trinajstić information content (AvgIpc) is 2.99. The van der Waals surface area contributed by atoms with Gasteiger partial charge in [0.05, 0.1) is 0 Å². The zero-order valence-electron chi connectivity index (χ0n) is 13.0. The summed E-state index contributed by atoms with van der Waals surface area (Å²) in [5.41, 5.74) is 0. The Morgan fingerprint density at radius 3 is 2.26 bits per heavy atom. The molecule has 23 heavy (non-hydrogen) atoms. The third kappa shape index (κ3) is 7.18. The molecular weight excluding hydrogens is 320 g/mol. The number of hydrogen-bond acceptors (Lipinski definition) is 4. The van der Waals surface area contributed by atoms with Gasteiger partial charge in [-0.1, -0.05) is 12.8 Å². The van der Waals surface area contributed by atoms with Gasteiger partial charge in [-0.05, 0) is 32.1 Å². The van der Waals surface area contributed by atoms with Crippen molar-refractivity contribution in [3.05, 3.63) is 0 Å². The Bertz CT molecular complexity index is 395. The van der Waals surface area contributed by atoms with Crippen LogP contribution in [0, 0.1) is 5.92 Å². The van der Waals surface area contributed by atoms with Crippen LogP contribution in [-0.4, -0.2) is 37.0 Å². The number of carbonyl (C=O) groups is 2. The second-order valence-corrected chi connectivity index (χ2v) is 5.82. The predicted molar refractivity (Wildman–Crippen MR) is 73.3 cm³/mol. The summed E-state index contributed by atoms with van der Waals surface area (Å²) in [7, 11) is 0. The third-order valence-corrected chi connectivity index (χ3v) is 3.89. The fourth-order valence-electron chi connectivity index (χ4n) is 2.48. The minimum Gasteiger partial charge on any atom is -0.462 e. The molecule has 0 radical (unpaired) electrons. The van der Waals surface area contributed by atoms with Crippen LogP contribution < -0.4 is 0 Å². The highest BCUT2D eigenvalue weighted by Crippen LogP contribution is 2.29. The molecular formula is C15H22F4O4. The molecule has 0 saturated heterocycles. The number of esters is 2. The van der Waals surface area contributed by atoms with Crippen molar-refractivity contribution < 1.29 is 36.6 Å². The van der Waals surface area contributed by atoms with Crippen molar-refractivity contribution in [2.75, 3.05) is 6.61 Å². The Morgan fingerprint density at radius 2 is 1.70 bits per heavy atom. The van der Waals surface area contributed by atoms with E-state index in [1.807, 2.05) is 6.92 Å². The van der Waals surface area contributed by atoms with E-state index >= 15 is 0 Å². The Morgan fingerprint density at radius 1 is 1.13 bits per heavy atom. The molecule has 4 nitrogen and oxygen atoms in total. The number of halogens is 4. The highest BCUT2D eigenvalue weighted by Gasteiger charge is 2.42. The van der Waals surface area contributed by atoms with Gasteiger partial charge < -0.3 is 9.47 Å². The molecule has 0 aromatic carbocycles. The molecule has 134 valence electrons. The largest absolute Gasteiger partial charge is 0.462 e. The van der Waals surface area contributed by atoms with E-state index in [1.54, 1.807) is 0 Å². The van der Waals surface area contributed by atoms with Crippen molar-refractivity contribution >= 4 is 11.9 Å². The van der Waals surface area contributed by atoms with Crippen molar-refractivity contribution in [2.24, 2.45) is 5.92 Å². The van der Waals surface area contributed by atoms with Crippen LogP contribution in [0.2, 0.25) is 0 Å². The predicted octanol–water partition coefficient (Wildman–Crippen LogP) is 3.72. The lowest BCUT2D eigenvalue weighted by molar-refractivity contribution is -0.179. The molecule has 0 aromatic rings. The molecule has 0 aliphatic heterocycles. The standard InChI is InChI=1S/C15H22F4O4/c1-10(11-5-2-3-6-11)23-13(21)8-4-7-12(20)22-9-15(18,19)14(16)17/h10-11,14H,2-9H2,1H3. The first kappa shape index (κ1) is 19.7. The molecule has 1 aliphatic carbocycles. The maximum Gasteiger partial charge on any atom is 0.340 e. The normalized spacial score (nSPS) is 17.3. The van der Waals surface area contributed by atoms with Crippen molar-refractivity contribution in [3.63, 3.8) is 0 Å². The molecule has 1 unspecified atom stereocenters. The lowest BCUT2D eigenvalue weighted by atomic mass is 10.0. The molecule has 1 saturated carbocycles. The quantitative estimate of drug-likeness (QED) is 0.473. The molecule has 1 rings (SSSR count). The minimum absolute atomic E-state index is 0.0442. The first-order chi connectivity index (χ1) is 10.7. The number of hydrogen-bond donors (Lipinski definition) is 0. The highest BCUT2D eigenvalue weighted by molar-refractivity contribution is 5.72. The number of alkyl halides is 4. The van der Waals surface area contributed by atoms with E-state index in [1.165, 1.54) is 0 Å². The van der Waals surface area contributed by atoms with Crippen molar-refractivity contribution in [1.29, 1.82) is 0 Å². The van der Waals surface area contributed by atoms with Crippen molar-refractivity contribution in [2.45, 2.75) is 70.3 Å². The van der Waals surface area contributed by atoms with Crippen LogP contribution in [0.4, 0.5) is 17.6 Å². The van der Waals surface area contributed by atoms with Crippen LogP contribution in [0.5, 0.6) is 0 Å². The molecule has 0 amide bonds. The highest BCUT2D eigenvalue weighted by atomic mass is 19.3. The van der Waals surface area contributed by atoms with Crippen LogP contribution in [0.1, 0.15) is 51.9 Å². The van der Waals surface area contributed by atoms with E-state index in [2.05, 4.69) is 4.74 Å².